The first kappa shape index (κ1) is 12.8. The minimum atomic E-state index is 0.132. The van der Waals surface area contributed by atoms with E-state index in [2.05, 4.69) is 49.0 Å². The van der Waals surface area contributed by atoms with Crippen LogP contribution in [0.5, 0.6) is 0 Å². The van der Waals surface area contributed by atoms with Crippen LogP contribution in [0.4, 0.5) is 0 Å². The van der Waals surface area contributed by atoms with Crippen LogP contribution in [0.1, 0.15) is 17.4 Å². The summed E-state index contributed by atoms with van der Waals surface area (Å²) in [5.74, 6) is 0. The molecule has 1 unspecified atom stereocenters. The summed E-state index contributed by atoms with van der Waals surface area (Å²) in [5, 5.41) is 0. The molecule has 100 valence electrons. The molecule has 1 atom stereocenters. The monoisotopic (exact) mass is 321 g/mol. The Hall–Kier alpha value is -1.17. The smallest absolute Gasteiger partial charge is 0.0963 e. The molecule has 1 aliphatic rings. The predicted molar refractivity (Wildman–Crippen MR) is 76.7 cm³/mol. The molecule has 2 aromatic rings. The third-order valence-corrected chi connectivity index (χ3v) is 4.07. The number of aromatic nitrogens is 2. The van der Waals surface area contributed by atoms with Crippen LogP contribution in [0.2, 0.25) is 0 Å². The summed E-state index contributed by atoms with van der Waals surface area (Å²) < 4.78 is 7.01. The Morgan fingerprint density at radius 2 is 2.32 bits per heavy atom. The van der Waals surface area contributed by atoms with Crippen molar-refractivity contribution in [3.05, 3.63) is 52.5 Å². The van der Waals surface area contributed by atoms with Crippen molar-refractivity contribution in [2.24, 2.45) is 0 Å². The second kappa shape index (κ2) is 5.86. The lowest BCUT2D eigenvalue weighted by Gasteiger charge is -2.33. The quantitative estimate of drug-likeness (QED) is 0.945. The van der Waals surface area contributed by atoms with Crippen molar-refractivity contribution >= 4 is 15.9 Å². The first-order chi connectivity index (χ1) is 9.33. The summed E-state index contributed by atoms with van der Waals surface area (Å²) in [6.07, 6.45) is 3.73. The molecule has 0 aliphatic carbocycles. The molecule has 5 heteroatoms. The van der Waals surface area contributed by atoms with Crippen LogP contribution >= 0.6 is 15.9 Å². The van der Waals surface area contributed by atoms with Gasteiger partial charge in [0.05, 0.1) is 19.0 Å². The van der Waals surface area contributed by atoms with E-state index in [9.17, 15) is 0 Å². The van der Waals surface area contributed by atoms with E-state index in [1.807, 2.05) is 12.3 Å². The van der Waals surface area contributed by atoms with Gasteiger partial charge in [-0.2, -0.15) is 0 Å². The lowest BCUT2D eigenvalue weighted by Crippen LogP contribution is -2.38. The fourth-order valence-corrected chi connectivity index (χ4v) is 2.92. The van der Waals surface area contributed by atoms with Gasteiger partial charge in [-0.05, 0) is 11.6 Å². The van der Waals surface area contributed by atoms with Crippen LogP contribution in [-0.2, 0) is 11.3 Å². The van der Waals surface area contributed by atoms with Crippen LogP contribution in [0.3, 0.4) is 0 Å². The van der Waals surface area contributed by atoms with Crippen molar-refractivity contribution in [3.8, 4) is 0 Å². The zero-order valence-electron chi connectivity index (χ0n) is 10.6. The molecule has 1 saturated heterocycles. The van der Waals surface area contributed by atoms with Crippen molar-refractivity contribution in [2.75, 3.05) is 19.7 Å². The number of morpholine rings is 1. The third-order valence-electron chi connectivity index (χ3n) is 3.35. The Labute approximate surface area is 120 Å². The first-order valence-corrected chi connectivity index (χ1v) is 7.18. The van der Waals surface area contributed by atoms with Crippen LogP contribution in [0.15, 0.2) is 41.3 Å². The molecule has 1 aliphatic heterocycles. The van der Waals surface area contributed by atoms with Gasteiger partial charge in [-0.3, -0.25) is 4.90 Å². The number of aromatic amines is 1. The summed E-state index contributed by atoms with van der Waals surface area (Å²) in [7, 11) is 0. The molecular formula is C14H16BrN3O. The van der Waals surface area contributed by atoms with Crippen molar-refractivity contribution in [3.63, 3.8) is 0 Å². The minimum absolute atomic E-state index is 0.132. The maximum atomic E-state index is 5.90. The van der Waals surface area contributed by atoms with E-state index in [-0.39, 0.29) is 6.10 Å². The molecule has 1 fully saturated rings. The van der Waals surface area contributed by atoms with Crippen LogP contribution in [0.25, 0.3) is 0 Å². The molecule has 1 aromatic carbocycles. The topological polar surface area (TPSA) is 41.2 Å². The molecule has 0 spiro atoms. The molecule has 1 N–H and O–H groups in total. The van der Waals surface area contributed by atoms with Crippen molar-refractivity contribution in [1.29, 1.82) is 0 Å². The number of hydrogen-bond donors (Lipinski definition) is 1. The van der Waals surface area contributed by atoms with E-state index in [1.54, 1.807) is 6.33 Å². The Bertz CT molecular complexity index is 529. The van der Waals surface area contributed by atoms with E-state index >= 15 is 0 Å². The summed E-state index contributed by atoms with van der Waals surface area (Å²) in [6, 6.07) is 8.26. The highest BCUT2D eigenvalue weighted by molar-refractivity contribution is 9.10. The van der Waals surface area contributed by atoms with Gasteiger partial charge in [0.15, 0.2) is 0 Å². The van der Waals surface area contributed by atoms with Crippen LogP contribution in [-0.4, -0.2) is 34.6 Å². The van der Waals surface area contributed by atoms with E-state index in [0.29, 0.717) is 0 Å². The minimum Gasteiger partial charge on any atom is -0.371 e. The molecular weight excluding hydrogens is 306 g/mol. The van der Waals surface area contributed by atoms with Gasteiger partial charge in [0.25, 0.3) is 0 Å². The van der Waals surface area contributed by atoms with Gasteiger partial charge in [0.1, 0.15) is 0 Å². The number of rotatable bonds is 3. The SMILES string of the molecule is Brc1ccccc1C1CN(Cc2cnc[nH]2)CCO1. The fraction of sp³-hybridized carbons (Fsp3) is 0.357. The average molecular weight is 322 g/mol. The number of hydrogen-bond acceptors (Lipinski definition) is 3. The zero-order chi connectivity index (χ0) is 13.1. The Morgan fingerprint density at radius 1 is 1.42 bits per heavy atom. The first-order valence-electron chi connectivity index (χ1n) is 6.38. The number of benzene rings is 1. The van der Waals surface area contributed by atoms with Crippen molar-refractivity contribution in [1.82, 2.24) is 14.9 Å². The molecule has 0 radical (unpaired) electrons. The molecule has 0 amide bonds. The number of imidazole rings is 1. The summed E-state index contributed by atoms with van der Waals surface area (Å²) in [6.45, 7) is 3.52. The molecule has 2 heterocycles. The number of halogens is 1. The number of nitrogens with zero attached hydrogens (tertiary/aromatic N) is 2. The van der Waals surface area contributed by atoms with Gasteiger partial charge in [-0.1, -0.05) is 34.1 Å². The molecule has 4 nitrogen and oxygen atoms in total. The Balaban J connectivity index is 1.70. The van der Waals surface area contributed by atoms with Gasteiger partial charge in [0, 0.05) is 36.0 Å². The van der Waals surface area contributed by atoms with Crippen molar-refractivity contribution in [2.45, 2.75) is 12.6 Å². The highest BCUT2D eigenvalue weighted by Gasteiger charge is 2.23. The van der Waals surface area contributed by atoms with Gasteiger partial charge >= 0.3 is 0 Å². The van der Waals surface area contributed by atoms with E-state index < -0.39 is 0 Å². The van der Waals surface area contributed by atoms with Crippen molar-refractivity contribution < 1.29 is 4.74 Å². The molecule has 1 aromatic heterocycles. The van der Waals surface area contributed by atoms with Gasteiger partial charge in [0.2, 0.25) is 0 Å². The second-order valence-electron chi connectivity index (χ2n) is 4.69. The lowest BCUT2D eigenvalue weighted by molar-refractivity contribution is -0.0335. The maximum absolute atomic E-state index is 5.90. The fourth-order valence-electron chi connectivity index (χ4n) is 2.38. The summed E-state index contributed by atoms with van der Waals surface area (Å²) in [5.41, 5.74) is 2.37. The van der Waals surface area contributed by atoms with E-state index in [0.717, 1.165) is 36.4 Å². The van der Waals surface area contributed by atoms with Crippen LogP contribution < -0.4 is 0 Å². The highest BCUT2D eigenvalue weighted by Crippen LogP contribution is 2.28. The average Bonchev–Trinajstić information content (AvgIpc) is 2.92. The molecule has 0 bridgehead atoms. The molecule has 0 saturated carbocycles. The molecule has 3 rings (SSSR count). The second-order valence-corrected chi connectivity index (χ2v) is 5.55. The maximum Gasteiger partial charge on any atom is 0.0963 e. The Morgan fingerprint density at radius 3 is 3.11 bits per heavy atom. The van der Waals surface area contributed by atoms with Gasteiger partial charge in [-0.15, -0.1) is 0 Å². The number of nitrogens with one attached hydrogen (secondary N) is 1. The van der Waals surface area contributed by atoms with E-state index in [1.165, 1.54) is 5.56 Å². The van der Waals surface area contributed by atoms with Gasteiger partial charge < -0.3 is 9.72 Å². The molecule has 19 heavy (non-hydrogen) atoms. The summed E-state index contributed by atoms with van der Waals surface area (Å²) >= 11 is 3.60. The standard InChI is InChI=1S/C14H16BrN3O/c15-13-4-2-1-3-12(13)14-9-18(5-6-19-14)8-11-7-16-10-17-11/h1-4,7,10,14H,5-6,8-9H2,(H,16,17). The normalized spacial score (nSPS) is 20.6. The van der Waals surface area contributed by atoms with Crippen LogP contribution in [0, 0.1) is 0 Å². The Kier molecular flexibility index (Phi) is 3.96. The zero-order valence-corrected chi connectivity index (χ0v) is 12.1. The largest absolute Gasteiger partial charge is 0.371 e. The van der Waals surface area contributed by atoms with E-state index in [4.69, 9.17) is 4.74 Å². The number of H-pyrrole nitrogens is 1. The van der Waals surface area contributed by atoms with Gasteiger partial charge in [-0.25, -0.2) is 4.98 Å². The predicted octanol–water partition coefficient (Wildman–Crippen LogP) is 2.75. The lowest BCUT2D eigenvalue weighted by atomic mass is 10.1. The number of ether oxygens (including phenoxy) is 1. The highest BCUT2D eigenvalue weighted by atomic mass is 79.9. The summed E-state index contributed by atoms with van der Waals surface area (Å²) in [4.78, 5) is 9.60. The third kappa shape index (κ3) is 3.05.